The second kappa shape index (κ2) is 22.3. The maximum atomic E-state index is 13.4. The average molecular weight is 782 g/mol. The number of aliphatic hydroxyl groups is 2. The van der Waals surface area contributed by atoms with Crippen molar-refractivity contribution in [2.45, 2.75) is 81.4 Å². The second-order valence-electron chi connectivity index (χ2n) is 11.7. The number of likely N-dealkylation sites (tertiary alicyclic amines) is 1. The van der Waals surface area contributed by atoms with E-state index in [0.717, 1.165) is 11.8 Å². The summed E-state index contributed by atoms with van der Waals surface area (Å²) in [5, 5.41) is 30.6. The normalized spacial score (nSPS) is 17.5. The Hall–Kier alpha value is -4.78. The molecule has 53 heavy (non-hydrogen) atoms. The minimum absolute atomic E-state index is 0.00264. The molecule has 0 aliphatic carbocycles. The smallest absolute Gasteiger partial charge is 0.394 e. The summed E-state index contributed by atoms with van der Waals surface area (Å²) < 4.78 is 15.9. The molecule has 1 aliphatic rings. The van der Waals surface area contributed by atoms with Crippen molar-refractivity contribution < 1.29 is 67.4 Å². The van der Waals surface area contributed by atoms with E-state index in [2.05, 4.69) is 30.8 Å². The summed E-state index contributed by atoms with van der Waals surface area (Å²) in [5.41, 5.74) is 21.3. The van der Waals surface area contributed by atoms with E-state index in [0.29, 0.717) is 12.7 Å². The zero-order valence-electron chi connectivity index (χ0n) is 28.7. The molecule has 7 atom stereocenters. The topological polar surface area (TPSA) is 424 Å². The molecule has 0 spiro atoms. The predicted molar refractivity (Wildman–Crippen MR) is 180 cm³/mol. The van der Waals surface area contributed by atoms with Crippen molar-refractivity contribution in [2.24, 2.45) is 27.9 Å². The lowest BCUT2D eigenvalue weighted by molar-refractivity contribution is -0.144. The molecule has 1 heterocycles. The van der Waals surface area contributed by atoms with Gasteiger partial charge in [0.15, 0.2) is 5.96 Å². The number of phosphoric acid groups is 1. The highest BCUT2D eigenvalue weighted by molar-refractivity contribution is 7.46. The molecule has 17 N–H and O–H groups in total. The third kappa shape index (κ3) is 16.6. The third-order valence-electron chi connectivity index (χ3n) is 7.44. The lowest BCUT2D eigenvalue weighted by Crippen LogP contribution is -2.62. The van der Waals surface area contributed by atoms with Crippen LogP contribution in [0.3, 0.4) is 0 Å². The van der Waals surface area contributed by atoms with Gasteiger partial charge >= 0.3 is 7.82 Å². The zero-order chi connectivity index (χ0) is 40.5. The minimum Gasteiger partial charge on any atom is -0.394 e. The van der Waals surface area contributed by atoms with Crippen LogP contribution in [-0.2, 0) is 47.4 Å². The van der Waals surface area contributed by atoms with Crippen LogP contribution in [0.25, 0.3) is 0 Å². The van der Waals surface area contributed by atoms with Crippen molar-refractivity contribution in [1.29, 1.82) is 0 Å². The molecule has 1 saturated heterocycles. The van der Waals surface area contributed by atoms with Gasteiger partial charge in [-0.05, 0) is 32.6 Å². The molecule has 25 nitrogen and oxygen atoms in total. The van der Waals surface area contributed by atoms with Crippen molar-refractivity contribution in [3.05, 3.63) is 0 Å². The van der Waals surface area contributed by atoms with Crippen LogP contribution in [0.4, 0.5) is 0 Å². The number of nitrogens with zero attached hydrogens (tertiary/aromatic N) is 2. The van der Waals surface area contributed by atoms with Gasteiger partial charge in [-0.2, -0.15) is 0 Å². The van der Waals surface area contributed by atoms with Crippen LogP contribution >= 0.6 is 7.82 Å². The van der Waals surface area contributed by atoms with Crippen LogP contribution in [0.15, 0.2) is 4.99 Å². The summed E-state index contributed by atoms with van der Waals surface area (Å²) >= 11 is 0. The van der Waals surface area contributed by atoms with E-state index in [-0.39, 0.29) is 44.9 Å². The SMILES string of the molecule is C[C@@H](O)[C@H](NC(=O)[C@H](COP(=O)(O)O)NC(=O)[C@H](CC(N)=O)NC(=O)[C@H](CCCN=C(N)N)NC(=O)[C@@H](N)CO)C(=O)N1CCC[C@H]1C(=O)NCC=O. The first-order valence-corrected chi connectivity index (χ1v) is 17.6. The molecular weight excluding hydrogens is 733 g/mol. The van der Waals surface area contributed by atoms with E-state index in [4.69, 9.17) is 22.9 Å². The molecule has 0 radical (unpaired) electrons. The maximum Gasteiger partial charge on any atom is 0.469 e. The number of aliphatic imine (C=N–C) groups is 1. The Kier molecular flexibility index (Phi) is 19.5. The molecular formula is C27H48N11O14P. The number of rotatable bonds is 23. The Labute approximate surface area is 302 Å². The number of nitrogens with one attached hydrogen (secondary N) is 5. The van der Waals surface area contributed by atoms with Crippen LogP contribution in [0, 0.1) is 0 Å². The van der Waals surface area contributed by atoms with E-state index in [1.807, 2.05) is 5.32 Å². The summed E-state index contributed by atoms with van der Waals surface area (Å²) in [6.45, 7) is -1.25. The van der Waals surface area contributed by atoms with Crippen LogP contribution in [0.5, 0.6) is 0 Å². The first-order valence-electron chi connectivity index (χ1n) is 16.0. The van der Waals surface area contributed by atoms with Crippen molar-refractivity contribution >= 4 is 61.4 Å². The number of guanidine groups is 1. The van der Waals surface area contributed by atoms with Crippen LogP contribution < -0.4 is 49.5 Å². The number of hydrogen-bond donors (Lipinski definition) is 13. The number of aldehydes is 1. The molecule has 7 amide bonds. The van der Waals surface area contributed by atoms with Gasteiger partial charge in [0.05, 0.1) is 32.3 Å². The van der Waals surface area contributed by atoms with Crippen molar-refractivity contribution in [1.82, 2.24) is 31.5 Å². The molecule has 0 aromatic heterocycles. The highest BCUT2D eigenvalue weighted by atomic mass is 31.2. The van der Waals surface area contributed by atoms with Gasteiger partial charge in [0.25, 0.3) is 0 Å². The number of hydrogen-bond acceptors (Lipinski definition) is 14. The monoisotopic (exact) mass is 781 g/mol. The Bertz CT molecular complexity index is 1410. The van der Waals surface area contributed by atoms with Gasteiger partial charge in [0.1, 0.15) is 42.5 Å². The zero-order valence-corrected chi connectivity index (χ0v) is 29.6. The van der Waals surface area contributed by atoms with Crippen molar-refractivity contribution in [3.8, 4) is 0 Å². The van der Waals surface area contributed by atoms with Crippen LogP contribution in [0.2, 0.25) is 0 Å². The number of amides is 7. The fourth-order valence-corrected chi connectivity index (χ4v) is 5.17. The van der Waals surface area contributed by atoms with Crippen molar-refractivity contribution in [3.63, 3.8) is 0 Å². The Balaban J connectivity index is 3.33. The highest BCUT2D eigenvalue weighted by Gasteiger charge is 2.40. The van der Waals surface area contributed by atoms with Crippen molar-refractivity contribution in [2.75, 3.05) is 32.8 Å². The summed E-state index contributed by atoms with van der Waals surface area (Å²) in [5.74, 6) is -7.78. The molecule has 0 unspecified atom stereocenters. The van der Waals surface area contributed by atoms with E-state index >= 15 is 0 Å². The van der Waals surface area contributed by atoms with E-state index in [9.17, 15) is 62.9 Å². The first-order chi connectivity index (χ1) is 24.7. The fourth-order valence-electron chi connectivity index (χ4n) is 4.83. The van der Waals surface area contributed by atoms with Gasteiger partial charge in [0, 0.05) is 13.1 Å². The number of aliphatic hydroxyl groups excluding tert-OH is 2. The number of phosphoric ester groups is 1. The average Bonchev–Trinajstić information content (AvgIpc) is 3.57. The second-order valence-corrected chi connectivity index (χ2v) is 12.9. The Morgan fingerprint density at radius 3 is 2.09 bits per heavy atom. The van der Waals surface area contributed by atoms with E-state index in [1.165, 1.54) is 0 Å². The molecule has 1 aliphatic heterocycles. The first kappa shape index (κ1) is 46.2. The summed E-state index contributed by atoms with van der Waals surface area (Å²) in [7, 11) is -5.31. The third-order valence-corrected chi connectivity index (χ3v) is 7.92. The summed E-state index contributed by atoms with van der Waals surface area (Å²) in [6, 6.07) is -9.72. The maximum absolute atomic E-state index is 13.4. The predicted octanol–water partition coefficient (Wildman–Crippen LogP) is -8.03. The number of nitrogens with two attached hydrogens (primary N) is 4. The van der Waals surface area contributed by atoms with Crippen LogP contribution in [0.1, 0.15) is 39.0 Å². The molecule has 1 rings (SSSR count). The summed E-state index contributed by atoms with van der Waals surface area (Å²) in [6.07, 6.45) is -1.66. The quantitative estimate of drug-likeness (QED) is 0.0150. The van der Waals surface area contributed by atoms with Gasteiger partial charge in [-0.15, -0.1) is 0 Å². The number of primary amides is 1. The lowest BCUT2D eigenvalue weighted by atomic mass is 10.1. The number of carbonyl (C=O) groups is 8. The molecule has 0 bridgehead atoms. The van der Waals surface area contributed by atoms with Gasteiger partial charge in [-0.25, -0.2) is 4.57 Å². The molecule has 1 fully saturated rings. The highest BCUT2D eigenvalue weighted by Crippen LogP contribution is 2.35. The largest absolute Gasteiger partial charge is 0.469 e. The molecule has 26 heteroatoms. The van der Waals surface area contributed by atoms with Crippen LogP contribution in [-0.4, -0.2) is 154 Å². The van der Waals surface area contributed by atoms with Gasteiger partial charge in [-0.1, -0.05) is 0 Å². The van der Waals surface area contributed by atoms with Gasteiger partial charge in [-0.3, -0.25) is 43.1 Å². The molecule has 300 valence electrons. The Morgan fingerprint density at radius 1 is 0.962 bits per heavy atom. The van der Waals surface area contributed by atoms with E-state index in [1.54, 1.807) is 0 Å². The van der Waals surface area contributed by atoms with E-state index < -0.39 is 111 Å². The Morgan fingerprint density at radius 2 is 1.55 bits per heavy atom. The molecule has 0 saturated carbocycles. The summed E-state index contributed by atoms with van der Waals surface area (Å²) in [4.78, 5) is 124. The molecule has 0 aromatic carbocycles. The molecule has 0 aromatic rings. The number of carbonyl (C=O) groups excluding carboxylic acids is 8. The minimum atomic E-state index is -5.31. The standard InChI is InChI=1S/C27H48N11O14P/c1-13(41)20(26(48)38-8-3-5-18(38)25(47)32-7-9-39)37-24(46)17(12-52-53(49,50)51)36-23(45)16(10-19(29)42)35-22(44)15(4-2-6-33-27(30)31)34-21(43)14(28)11-40/h9,13-18,20,40-41H,2-8,10-12,28H2,1H3,(H2,29,42)(H,32,47)(H,34,43)(H,35,44)(H,36,45)(H,37,46)(H4,30,31,33)(H2,49,50,51)/t13-,14+,15+,16+,17+,18+,20+/m1/s1. The van der Waals surface area contributed by atoms with Gasteiger partial charge < -0.3 is 79.2 Å². The lowest BCUT2D eigenvalue weighted by Gasteiger charge is -2.31. The van der Waals surface area contributed by atoms with Gasteiger partial charge in [0.2, 0.25) is 41.4 Å². The fraction of sp³-hybridized carbons (Fsp3) is 0.667.